The number of anilines is 1. The van der Waals surface area contributed by atoms with Crippen LogP contribution in [0.15, 0.2) is 24.3 Å². The van der Waals surface area contributed by atoms with Gasteiger partial charge in [0.05, 0.1) is 0 Å². The fourth-order valence-corrected chi connectivity index (χ4v) is 2.10. The highest BCUT2D eigenvalue weighted by molar-refractivity contribution is 5.62. The number of aryl methyl sites for hydroxylation is 1. The minimum absolute atomic E-state index is 0.236. The number of rotatable bonds is 5. The van der Waals surface area contributed by atoms with Crippen LogP contribution in [0, 0.1) is 12.7 Å². The molecular weight excluding hydrogens is 265 g/mol. The Balaban J connectivity index is 2.48. The van der Waals surface area contributed by atoms with Gasteiger partial charge in [0.2, 0.25) is 0 Å². The van der Waals surface area contributed by atoms with Crippen molar-refractivity contribution in [1.29, 1.82) is 0 Å². The Hall–Kier alpha value is -1.97. The zero-order valence-corrected chi connectivity index (χ0v) is 13.1. The second-order valence-corrected chi connectivity index (χ2v) is 5.54. The molecule has 2 rings (SSSR count). The SMILES string of the molecule is CCCNc1cc(C(C)C)nc(-c2ccc(F)cc2C)n1. The molecule has 3 nitrogen and oxygen atoms in total. The average Bonchev–Trinajstić information content (AvgIpc) is 2.44. The third-order valence-electron chi connectivity index (χ3n) is 3.32. The maximum absolute atomic E-state index is 13.3. The lowest BCUT2D eigenvalue weighted by atomic mass is 10.1. The molecule has 0 fully saturated rings. The molecule has 0 bridgehead atoms. The maximum Gasteiger partial charge on any atom is 0.162 e. The molecule has 0 aliphatic heterocycles. The number of hydrogen-bond acceptors (Lipinski definition) is 3. The van der Waals surface area contributed by atoms with Crippen LogP contribution in [-0.2, 0) is 0 Å². The molecule has 0 amide bonds. The van der Waals surface area contributed by atoms with Crippen LogP contribution in [0.1, 0.15) is 44.4 Å². The second kappa shape index (κ2) is 6.66. The maximum atomic E-state index is 13.3. The monoisotopic (exact) mass is 287 g/mol. The van der Waals surface area contributed by atoms with Gasteiger partial charge >= 0.3 is 0 Å². The lowest BCUT2D eigenvalue weighted by Gasteiger charge is -2.12. The Morgan fingerprint density at radius 2 is 1.95 bits per heavy atom. The molecule has 2 aromatic rings. The van der Waals surface area contributed by atoms with E-state index >= 15 is 0 Å². The van der Waals surface area contributed by atoms with Crippen LogP contribution in [0.4, 0.5) is 10.2 Å². The number of nitrogens with zero attached hydrogens (tertiary/aromatic N) is 2. The smallest absolute Gasteiger partial charge is 0.162 e. The first-order valence-electron chi connectivity index (χ1n) is 7.40. The summed E-state index contributed by atoms with van der Waals surface area (Å²) in [4.78, 5) is 9.20. The van der Waals surface area contributed by atoms with E-state index in [1.54, 1.807) is 6.07 Å². The second-order valence-electron chi connectivity index (χ2n) is 5.54. The average molecular weight is 287 g/mol. The number of aromatic nitrogens is 2. The van der Waals surface area contributed by atoms with E-state index < -0.39 is 0 Å². The molecule has 0 aliphatic rings. The van der Waals surface area contributed by atoms with Crippen LogP contribution in [0.5, 0.6) is 0 Å². The topological polar surface area (TPSA) is 37.8 Å². The Bertz CT molecular complexity index is 623. The van der Waals surface area contributed by atoms with E-state index in [1.807, 2.05) is 13.0 Å². The van der Waals surface area contributed by atoms with Crippen molar-refractivity contribution in [3.63, 3.8) is 0 Å². The van der Waals surface area contributed by atoms with Gasteiger partial charge in [0.15, 0.2) is 5.82 Å². The highest BCUT2D eigenvalue weighted by Crippen LogP contribution is 2.25. The summed E-state index contributed by atoms with van der Waals surface area (Å²) in [6.45, 7) is 9.07. The van der Waals surface area contributed by atoms with E-state index in [4.69, 9.17) is 0 Å². The van der Waals surface area contributed by atoms with Crippen molar-refractivity contribution in [3.05, 3.63) is 41.3 Å². The molecule has 0 saturated heterocycles. The summed E-state index contributed by atoms with van der Waals surface area (Å²) < 4.78 is 13.3. The van der Waals surface area contributed by atoms with Gasteiger partial charge in [-0.15, -0.1) is 0 Å². The quantitative estimate of drug-likeness (QED) is 0.877. The Morgan fingerprint density at radius 1 is 1.19 bits per heavy atom. The zero-order chi connectivity index (χ0) is 15.4. The molecule has 0 atom stereocenters. The molecule has 1 aromatic heterocycles. The lowest BCUT2D eigenvalue weighted by molar-refractivity contribution is 0.627. The highest BCUT2D eigenvalue weighted by atomic mass is 19.1. The van der Waals surface area contributed by atoms with Crippen LogP contribution >= 0.6 is 0 Å². The van der Waals surface area contributed by atoms with Crippen molar-refractivity contribution in [2.75, 3.05) is 11.9 Å². The van der Waals surface area contributed by atoms with Gasteiger partial charge in [-0.05, 0) is 43.0 Å². The molecule has 1 N–H and O–H groups in total. The van der Waals surface area contributed by atoms with Gasteiger partial charge in [-0.1, -0.05) is 20.8 Å². The first-order valence-corrected chi connectivity index (χ1v) is 7.40. The zero-order valence-electron chi connectivity index (χ0n) is 13.1. The van der Waals surface area contributed by atoms with E-state index in [1.165, 1.54) is 12.1 Å². The fourth-order valence-electron chi connectivity index (χ4n) is 2.10. The molecule has 1 heterocycles. The molecule has 0 unspecified atom stereocenters. The van der Waals surface area contributed by atoms with Gasteiger partial charge in [0.1, 0.15) is 11.6 Å². The minimum atomic E-state index is -0.236. The number of halogens is 1. The Labute approximate surface area is 125 Å². The number of hydrogen-bond donors (Lipinski definition) is 1. The van der Waals surface area contributed by atoms with Gasteiger partial charge in [-0.25, -0.2) is 14.4 Å². The van der Waals surface area contributed by atoms with Crippen LogP contribution in [0.2, 0.25) is 0 Å². The van der Waals surface area contributed by atoms with Gasteiger partial charge in [-0.2, -0.15) is 0 Å². The van der Waals surface area contributed by atoms with Crippen molar-refractivity contribution in [2.45, 2.75) is 40.0 Å². The molecule has 0 saturated carbocycles. The van der Waals surface area contributed by atoms with Gasteiger partial charge in [-0.3, -0.25) is 0 Å². The largest absolute Gasteiger partial charge is 0.370 e. The Morgan fingerprint density at radius 3 is 2.57 bits per heavy atom. The molecule has 1 aromatic carbocycles. The molecule has 21 heavy (non-hydrogen) atoms. The standard InChI is InChI=1S/C17H22FN3/c1-5-8-19-16-10-15(11(2)3)20-17(21-16)14-7-6-13(18)9-12(14)4/h6-7,9-11H,5,8H2,1-4H3,(H,19,20,21). The summed E-state index contributed by atoms with van der Waals surface area (Å²) in [6, 6.07) is 6.70. The highest BCUT2D eigenvalue weighted by Gasteiger charge is 2.11. The van der Waals surface area contributed by atoms with Crippen molar-refractivity contribution >= 4 is 5.82 Å². The van der Waals surface area contributed by atoms with E-state index in [2.05, 4.69) is 36.1 Å². The molecular formula is C17H22FN3. The van der Waals surface area contributed by atoms with Gasteiger partial charge in [0, 0.05) is 23.9 Å². The van der Waals surface area contributed by atoms with Crippen molar-refractivity contribution < 1.29 is 4.39 Å². The predicted octanol–water partition coefficient (Wildman–Crippen LogP) is 4.54. The van der Waals surface area contributed by atoms with E-state index in [-0.39, 0.29) is 5.82 Å². The third kappa shape index (κ3) is 3.78. The van der Waals surface area contributed by atoms with E-state index in [9.17, 15) is 4.39 Å². The van der Waals surface area contributed by atoms with Crippen LogP contribution < -0.4 is 5.32 Å². The first-order chi connectivity index (χ1) is 10.0. The van der Waals surface area contributed by atoms with Crippen molar-refractivity contribution in [2.24, 2.45) is 0 Å². The summed E-state index contributed by atoms with van der Waals surface area (Å²) in [6.07, 6.45) is 1.03. The molecule has 4 heteroatoms. The van der Waals surface area contributed by atoms with E-state index in [0.717, 1.165) is 35.6 Å². The Kier molecular flexibility index (Phi) is 4.89. The van der Waals surface area contributed by atoms with Crippen LogP contribution in [-0.4, -0.2) is 16.5 Å². The predicted molar refractivity (Wildman–Crippen MR) is 85.0 cm³/mol. The summed E-state index contributed by atoms with van der Waals surface area (Å²) in [7, 11) is 0. The molecule has 0 radical (unpaired) electrons. The van der Waals surface area contributed by atoms with Gasteiger partial charge in [0.25, 0.3) is 0 Å². The van der Waals surface area contributed by atoms with Crippen LogP contribution in [0.25, 0.3) is 11.4 Å². The van der Waals surface area contributed by atoms with Crippen molar-refractivity contribution in [1.82, 2.24) is 9.97 Å². The lowest BCUT2D eigenvalue weighted by Crippen LogP contribution is -2.06. The normalized spacial score (nSPS) is 11.0. The summed E-state index contributed by atoms with van der Waals surface area (Å²) in [5.74, 6) is 1.56. The number of benzene rings is 1. The summed E-state index contributed by atoms with van der Waals surface area (Å²) in [5.41, 5.74) is 2.71. The molecule has 112 valence electrons. The third-order valence-corrected chi connectivity index (χ3v) is 3.32. The minimum Gasteiger partial charge on any atom is -0.370 e. The molecule has 0 aliphatic carbocycles. The van der Waals surface area contributed by atoms with Crippen molar-refractivity contribution in [3.8, 4) is 11.4 Å². The first kappa shape index (κ1) is 15.4. The fraction of sp³-hybridized carbons (Fsp3) is 0.412. The van der Waals surface area contributed by atoms with Crippen LogP contribution in [0.3, 0.4) is 0 Å². The number of nitrogens with one attached hydrogen (secondary N) is 1. The molecule has 0 spiro atoms. The van der Waals surface area contributed by atoms with E-state index in [0.29, 0.717) is 11.7 Å². The summed E-state index contributed by atoms with van der Waals surface area (Å²) in [5, 5.41) is 3.31. The van der Waals surface area contributed by atoms with Gasteiger partial charge < -0.3 is 5.32 Å². The summed E-state index contributed by atoms with van der Waals surface area (Å²) >= 11 is 0.